The number of halogens is 1. The number of H-pyrrole nitrogens is 1. The highest BCUT2D eigenvalue weighted by Gasteiger charge is 2.15. The summed E-state index contributed by atoms with van der Waals surface area (Å²) in [5, 5.41) is 14.9. The van der Waals surface area contributed by atoms with Crippen LogP contribution in [0.25, 0.3) is 33.5 Å². The molecule has 0 fully saturated rings. The summed E-state index contributed by atoms with van der Waals surface area (Å²) in [6.07, 6.45) is 0.714. The second kappa shape index (κ2) is 10.3. The quantitative estimate of drug-likeness (QED) is 0.276. The number of ether oxygens (including phenoxy) is 2. The maximum Gasteiger partial charge on any atom is 0.233 e. The molecule has 0 saturated carbocycles. The standard InChI is InChI=1S/C27H25ClN6O2/c1-4-19-13-24(25-23(29-19)14-22(28)27(30-25)36-16(2)3)35-15-17-9-11-18(12-10-17)20-7-5-6-8-21(20)26-31-33-34-32-26/h5-14,16H,4,15H2,1-3H3,(H,31,32,33,34). The van der Waals surface area contributed by atoms with Crippen molar-refractivity contribution in [2.45, 2.75) is 39.9 Å². The van der Waals surface area contributed by atoms with Crippen LogP contribution in [0.2, 0.25) is 5.02 Å². The van der Waals surface area contributed by atoms with Gasteiger partial charge in [0, 0.05) is 17.3 Å². The van der Waals surface area contributed by atoms with Gasteiger partial charge in [-0.15, -0.1) is 10.2 Å². The van der Waals surface area contributed by atoms with Crippen LogP contribution < -0.4 is 9.47 Å². The number of rotatable bonds is 8. The highest BCUT2D eigenvalue weighted by atomic mass is 35.5. The van der Waals surface area contributed by atoms with Gasteiger partial charge in [0.25, 0.3) is 0 Å². The van der Waals surface area contributed by atoms with Crippen LogP contribution in [-0.4, -0.2) is 36.7 Å². The van der Waals surface area contributed by atoms with E-state index in [9.17, 15) is 0 Å². The number of pyridine rings is 2. The molecule has 0 radical (unpaired) electrons. The molecule has 3 heterocycles. The van der Waals surface area contributed by atoms with Crippen molar-refractivity contribution in [1.82, 2.24) is 30.6 Å². The second-order valence-electron chi connectivity index (χ2n) is 8.54. The SMILES string of the molecule is CCc1cc(OCc2ccc(-c3ccccc3-c3nn[nH]n3)cc2)c2nc(OC(C)C)c(Cl)cc2n1. The van der Waals surface area contributed by atoms with Gasteiger partial charge in [-0.3, -0.25) is 4.98 Å². The summed E-state index contributed by atoms with van der Waals surface area (Å²) in [5.74, 6) is 1.58. The van der Waals surface area contributed by atoms with Crippen LogP contribution in [0, 0.1) is 0 Å². The Morgan fingerprint density at radius 2 is 1.75 bits per heavy atom. The number of aromatic nitrogens is 6. The van der Waals surface area contributed by atoms with E-state index in [2.05, 4.69) is 42.7 Å². The molecule has 0 atom stereocenters. The maximum absolute atomic E-state index is 6.40. The Bertz CT molecular complexity index is 1490. The molecule has 3 aromatic heterocycles. The smallest absolute Gasteiger partial charge is 0.233 e. The average Bonchev–Trinajstić information content (AvgIpc) is 3.43. The van der Waals surface area contributed by atoms with Crippen molar-refractivity contribution in [2.75, 3.05) is 0 Å². The zero-order chi connectivity index (χ0) is 25.1. The van der Waals surface area contributed by atoms with Gasteiger partial charge < -0.3 is 9.47 Å². The number of aromatic amines is 1. The number of hydrogen-bond acceptors (Lipinski definition) is 7. The van der Waals surface area contributed by atoms with Crippen molar-refractivity contribution in [1.29, 1.82) is 0 Å². The molecule has 5 aromatic rings. The first-order chi connectivity index (χ1) is 17.5. The van der Waals surface area contributed by atoms with E-state index in [1.54, 1.807) is 6.07 Å². The van der Waals surface area contributed by atoms with Gasteiger partial charge in [-0.25, -0.2) is 4.98 Å². The Morgan fingerprint density at radius 1 is 0.972 bits per heavy atom. The molecule has 8 nitrogen and oxygen atoms in total. The van der Waals surface area contributed by atoms with Crippen molar-refractivity contribution < 1.29 is 9.47 Å². The molecule has 0 amide bonds. The Morgan fingerprint density at radius 3 is 2.44 bits per heavy atom. The molecule has 0 saturated heterocycles. The van der Waals surface area contributed by atoms with Gasteiger partial charge in [-0.2, -0.15) is 5.21 Å². The summed E-state index contributed by atoms with van der Waals surface area (Å²) in [4.78, 5) is 9.29. The average molecular weight is 501 g/mol. The second-order valence-corrected chi connectivity index (χ2v) is 8.95. The lowest BCUT2D eigenvalue weighted by atomic mass is 9.98. The zero-order valence-corrected chi connectivity index (χ0v) is 21.0. The van der Waals surface area contributed by atoms with Gasteiger partial charge in [0.05, 0.1) is 11.6 Å². The van der Waals surface area contributed by atoms with Crippen LogP contribution in [0.15, 0.2) is 60.7 Å². The van der Waals surface area contributed by atoms with Gasteiger partial charge in [-0.05, 0) is 48.2 Å². The van der Waals surface area contributed by atoms with E-state index in [1.807, 2.05) is 63.2 Å². The molecular formula is C27H25ClN6O2. The number of aryl methyl sites for hydroxylation is 1. The van der Waals surface area contributed by atoms with Crippen LogP contribution >= 0.6 is 11.6 Å². The molecule has 5 rings (SSSR count). The molecule has 0 aliphatic carbocycles. The molecule has 0 bridgehead atoms. The summed E-state index contributed by atoms with van der Waals surface area (Å²) in [7, 11) is 0. The van der Waals surface area contributed by atoms with Crippen LogP contribution in [0.3, 0.4) is 0 Å². The third kappa shape index (κ3) is 4.99. The molecule has 0 spiro atoms. The van der Waals surface area contributed by atoms with Gasteiger partial charge in [0.2, 0.25) is 11.7 Å². The molecule has 9 heteroatoms. The van der Waals surface area contributed by atoms with Gasteiger partial charge in [0.15, 0.2) is 0 Å². The molecule has 182 valence electrons. The Hall–Kier alpha value is -4.04. The lowest BCUT2D eigenvalue weighted by Gasteiger charge is -2.14. The molecule has 1 N–H and O–H groups in total. The van der Waals surface area contributed by atoms with Gasteiger partial charge >= 0.3 is 0 Å². The fourth-order valence-electron chi connectivity index (χ4n) is 3.88. The topological polar surface area (TPSA) is 98.7 Å². The molecule has 2 aromatic carbocycles. The van der Waals surface area contributed by atoms with Crippen LogP contribution in [0.5, 0.6) is 11.6 Å². The van der Waals surface area contributed by atoms with Crippen molar-refractivity contribution >= 4 is 22.6 Å². The Labute approximate surface area is 213 Å². The lowest BCUT2D eigenvalue weighted by Crippen LogP contribution is -2.08. The van der Waals surface area contributed by atoms with Crippen LogP contribution in [0.4, 0.5) is 0 Å². The minimum Gasteiger partial charge on any atom is -0.486 e. The number of nitrogens with zero attached hydrogens (tertiary/aromatic N) is 5. The monoisotopic (exact) mass is 500 g/mol. The first kappa shape index (κ1) is 23.7. The van der Waals surface area contributed by atoms with Crippen LogP contribution in [-0.2, 0) is 13.0 Å². The van der Waals surface area contributed by atoms with Crippen LogP contribution in [0.1, 0.15) is 32.0 Å². The lowest BCUT2D eigenvalue weighted by molar-refractivity contribution is 0.233. The predicted molar refractivity (Wildman–Crippen MR) is 139 cm³/mol. The van der Waals surface area contributed by atoms with Crippen molar-refractivity contribution in [3.05, 3.63) is 76.9 Å². The minimum atomic E-state index is -0.0524. The molecule has 36 heavy (non-hydrogen) atoms. The number of hydrogen-bond donors (Lipinski definition) is 1. The molecule has 0 aliphatic rings. The van der Waals surface area contributed by atoms with E-state index >= 15 is 0 Å². The summed E-state index contributed by atoms with van der Waals surface area (Å²) < 4.78 is 12.0. The van der Waals surface area contributed by atoms with E-state index in [0.29, 0.717) is 40.1 Å². The molecule has 0 unspecified atom stereocenters. The Balaban J connectivity index is 1.41. The van der Waals surface area contributed by atoms with E-state index in [-0.39, 0.29) is 6.10 Å². The molecular weight excluding hydrogens is 476 g/mol. The number of tetrazole rings is 1. The zero-order valence-electron chi connectivity index (χ0n) is 20.2. The van der Waals surface area contributed by atoms with E-state index in [4.69, 9.17) is 21.1 Å². The normalized spacial score (nSPS) is 11.2. The summed E-state index contributed by atoms with van der Waals surface area (Å²) >= 11 is 6.40. The first-order valence-corrected chi connectivity index (χ1v) is 12.1. The number of fused-ring (bicyclic) bond motifs is 1. The fourth-order valence-corrected chi connectivity index (χ4v) is 4.07. The van der Waals surface area contributed by atoms with Gasteiger partial charge in [-0.1, -0.05) is 67.1 Å². The highest BCUT2D eigenvalue weighted by molar-refractivity contribution is 6.32. The fraction of sp³-hybridized carbons (Fsp3) is 0.222. The summed E-state index contributed by atoms with van der Waals surface area (Å²) in [5.41, 5.74) is 6.21. The first-order valence-electron chi connectivity index (χ1n) is 11.7. The third-order valence-corrected chi connectivity index (χ3v) is 5.87. The number of benzene rings is 2. The van der Waals surface area contributed by atoms with E-state index in [1.165, 1.54) is 0 Å². The van der Waals surface area contributed by atoms with Crippen molar-refractivity contribution in [3.8, 4) is 34.1 Å². The van der Waals surface area contributed by atoms with E-state index < -0.39 is 0 Å². The minimum absolute atomic E-state index is 0.0524. The van der Waals surface area contributed by atoms with Gasteiger partial charge in [0.1, 0.15) is 22.9 Å². The highest BCUT2D eigenvalue weighted by Crippen LogP contribution is 2.33. The maximum atomic E-state index is 6.40. The van der Waals surface area contributed by atoms with Crippen molar-refractivity contribution in [2.24, 2.45) is 0 Å². The number of nitrogens with one attached hydrogen (secondary N) is 1. The Kier molecular flexibility index (Phi) is 6.77. The molecule has 0 aliphatic heterocycles. The third-order valence-electron chi connectivity index (χ3n) is 5.60. The van der Waals surface area contributed by atoms with Crippen molar-refractivity contribution in [3.63, 3.8) is 0 Å². The summed E-state index contributed by atoms with van der Waals surface area (Å²) in [6.45, 7) is 6.29. The summed E-state index contributed by atoms with van der Waals surface area (Å²) in [6, 6.07) is 19.9. The van der Waals surface area contributed by atoms with E-state index in [0.717, 1.165) is 34.4 Å². The predicted octanol–water partition coefficient (Wildman–Crippen LogP) is 6.06. The largest absolute Gasteiger partial charge is 0.486 e.